The van der Waals surface area contributed by atoms with Crippen molar-refractivity contribution in [3.05, 3.63) is 48.5 Å². The van der Waals surface area contributed by atoms with E-state index in [1.54, 1.807) is 76.2 Å². The van der Waals surface area contributed by atoms with E-state index in [9.17, 15) is 29.4 Å². The van der Waals surface area contributed by atoms with Gasteiger partial charge in [0.05, 0.1) is 11.4 Å². The smallest absolute Gasteiger partial charge is 0.326 e. The molecule has 12 nitrogen and oxygen atoms in total. The number of nitrogens with one attached hydrogen (secondary N) is 4. The summed E-state index contributed by atoms with van der Waals surface area (Å²) in [6.45, 7) is 14.5. The van der Waals surface area contributed by atoms with E-state index in [0.29, 0.717) is 22.7 Å². The average Bonchev–Trinajstić information content (AvgIpc) is 2.94. The van der Waals surface area contributed by atoms with Crippen LogP contribution in [0.5, 0.6) is 0 Å². The van der Waals surface area contributed by atoms with E-state index in [1.165, 1.54) is 0 Å². The number of hydrogen-bond acceptors (Lipinski definition) is 8. The predicted molar refractivity (Wildman–Crippen MR) is 170 cm³/mol. The van der Waals surface area contributed by atoms with Gasteiger partial charge in [-0.25, -0.2) is 9.59 Å². The molecule has 0 unspecified atom stereocenters. The minimum atomic E-state index is -1.07. The van der Waals surface area contributed by atoms with Crippen LogP contribution in [0.4, 0.5) is 22.7 Å². The summed E-state index contributed by atoms with van der Waals surface area (Å²) in [6, 6.07) is 10.9. The molecule has 0 aliphatic carbocycles. The highest BCUT2D eigenvalue weighted by Crippen LogP contribution is 2.24. The van der Waals surface area contributed by atoms with Crippen LogP contribution in [0.2, 0.25) is 0 Å². The summed E-state index contributed by atoms with van der Waals surface area (Å²) in [5.41, 5.74) is 2.53. The Balaban J connectivity index is 2.05. The fourth-order valence-electron chi connectivity index (χ4n) is 4.31. The first-order chi connectivity index (χ1) is 20.6. The molecule has 0 saturated carbocycles. The van der Waals surface area contributed by atoms with Crippen LogP contribution < -0.4 is 21.3 Å². The van der Waals surface area contributed by atoms with Crippen LogP contribution in [-0.2, 0) is 19.2 Å². The fraction of sp³-hybridized carbons (Fsp3) is 0.500. The van der Waals surface area contributed by atoms with Gasteiger partial charge in [-0.1, -0.05) is 55.4 Å². The van der Waals surface area contributed by atoms with Gasteiger partial charge in [0.15, 0.2) is 0 Å². The van der Waals surface area contributed by atoms with Gasteiger partial charge in [0.2, 0.25) is 11.8 Å². The summed E-state index contributed by atoms with van der Waals surface area (Å²) in [5, 5.41) is 39.0. The van der Waals surface area contributed by atoms with Crippen molar-refractivity contribution in [3.63, 3.8) is 0 Å². The summed E-state index contributed by atoms with van der Waals surface area (Å²) in [6.07, 6.45) is 0. The first kappa shape index (κ1) is 35.7. The van der Waals surface area contributed by atoms with E-state index in [0.717, 1.165) is 0 Å². The number of carboxylic acid groups (broad SMARTS) is 2. The minimum Gasteiger partial charge on any atom is -0.480 e. The average molecular weight is 611 g/mol. The topological polar surface area (TPSA) is 182 Å². The van der Waals surface area contributed by atoms with Gasteiger partial charge < -0.3 is 31.5 Å². The predicted octanol–water partition coefficient (Wildman–Crippen LogP) is 5.43. The third-order valence-electron chi connectivity index (χ3n) is 7.02. The fourth-order valence-corrected chi connectivity index (χ4v) is 4.31. The summed E-state index contributed by atoms with van der Waals surface area (Å²) in [4.78, 5) is 48.8. The molecular weight excluding hydrogens is 564 g/mol. The molecule has 0 saturated heterocycles. The first-order valence-electron chi connectivity index (χ1n) is 14.8. The highest BCUT2D eigenvalue weighted by Gasteiger charge is 2.30. The number of carbonyl (C=O) groups excluding carboxylic acids is 2. The van der Waals surface area contributed by atoms with E-state index in [4.69, 9.17) is 0 Å². The van der Waals surface area contributed by atoms with Gasteiger partial charge in [-0.3, -0.25) is 9.59 Å². The number of azo groups is 1. The van der Waals surface area contributed by atoms with E-state index < -0.39 is 36.1 Å². The molecule has 0 bridgehead atoms. The lowest BCUT2D eigenvalue weighted by atomic mass is 10.00. The molecule has 2 aromatic carbocycles. The Bertz CT molecular complexity index is 1190. The Morgan fingerprint density at radius 2 is 0.773 bits per heavy atom. The molecule has 2 rings (SSSR count). The second-order valence-corrected chi connectivity index (χ2v) is 12.2. The summed E-state index contributed by atoms with van der Waals surface area (Å²) < 4.78 is 0. The van der Waals surface area contributed by atoms with Gasteiger partial charge in [0.25, 0.3) is 0 Å². The summed E-state index contributed by atoms with van der Waals surface area (Å²) >= 11 is 0. The Labute approximate surface area is 259 Å². The maximum Gasteiger partial charge on any atom is 0.326 e. The van der Waals surface area contributed by atoms with Crippen LogP contribution in [0.3, 0.4) is 0 Å². The second-order valence-electron chi connectivity index (χ2n) is 12.2. The quantitative estimate of drug-likeness (QED) is 0.136. The Morgan fingerprint density at radius 3 is 1.00 bits per heavy atom. The van der Waals surface area contributed by atoms with Crippen LogP contribution in [0.15, 0.2) is 58.8 Å². The zero-order valence-corrected chi connectivity index (χ0v) is 26.7. The first-order valence-corrected chi connectivity index (χ1v) is 14.8. The molecule has 0 radical (unpaired) electrons. The Hall–Kier alpha value is -4.48. The third kappa shape index (κ3) is 10.7. The largest absolute Gasteiger partial charge is 0.480 e. The molecular formula is C32H46N6O6. The lowest BCUT2D eigenvalue weighted by molar-refractivity contribution is -0.143. The van der Waals surface area contributed by atoms with Crippen molar-refractivity contribution >= 4 is 46.5 Å². The number of aliphatic carboxylic acids is 2. The number of rotatable bonds is 16. The molecule has 2 aromatic rings. The number of carboxylic acids is 2. The molecule has 2 amide bonds. The van der Waals surface area contributed by atoms with Gasteiger partial charge in [0, 0.05) is 11.4 Å². The van der Waals surface area contributed by atoms with Crippen molar-refractivity contribution in [1.82, 2.24) is 10.6 Å². The second kappa shape index (κ2) is 16.4. The van der Waals surface area contributed by atoms with E-state index in [-0.39, 0.29) is 35.5 Å². The summed E-state index contributed by atoms with van der Waals surface area (Å²) in [5.74, 6) is -3.62. The van der Waals surface area contributed by atoms with Crippen molar-refractivity contribution in [1.29, 1.82) is 0 Å². The molecule has 0 aliphatic heterocycles. The number of benzene rings is 2. The zero-order valence-electron chi connectivity index (χ0n) is 26.7. The maximum atomic E-state index is 12.9. The van der Waals surface area contributed by atoms with Crippen molar-refractivity contribution in [2.24, 2.45) is 33.9 Å². The normalized spacial score (nSPS) is 14.4. The molecule has 6 N–H and O–H groups in total. The minimum absolute atomic E-state index is 0.0969. The van der Waals surface area contributed by atoms with E-state index >= 15 is 0 Å². The van der Waals surface area contributed by atoms with Crippen LogP contribution >= 0.6 is 0 Å². The molecule has 0 heterocycles. The lowest BCUT2D eigenvalue weighted by Gasteiger charge is -2.26. The van der Waals surface area contributed by atoms with E-state index in [1.807, 2.05) is 27.7 Å². The van der Waals surface area contributed by atoms with Gasteiger partial charge in [-0.05, 0) is 72.2 Å². The highest BCUT2D eigenvalue weighted by molar-refractivity contribution is 5.90. The number of amides is 2. The number of anilines is 2. The molecule has 4 atom stereocenters. The molecule has 0 aromatic heterocycles. The maximum absolute atomic E-state index is 12.9. The summed E-state index contributed by atoms with van der Waals surface area (Å²) in [7, 11) is 0. The lowest BCUT2D eigenvalue weighted by Crippen LogP contribution is -2.51. The molecule has 44 heavy (non-hydrogen) atoms. The standard InChI is InChI=1S/C32H46N6O6/c1-17(2)25(29(39)35-27(19(5)6)31(41)42)33-21-9-13-23(14-10-21)37-38-24-15-11-22(12-16-24)34-26(18(3)4)30(40)36-28(20(7)8)32(43)44/h9-20,25-28,33-34H,1-8H3,(H,35,39)(H,36,40)(H,41,42)(H,43,44)/t25-,26-,27-,28-/m0/s1. The van der Waals surface area contributed by atoms with Gasteiger partial charge in [-0.15, -0.1) is 0 Å². The van der Waals surface area contributed by atoms with Crippen LogP contribution in [-0.4, -0.2) is 58.1 Å². The van der Waals surface area contributed by atoms with Gasteiger partial charge in [0.1, 0.15) is 24.2 Å². The van der Waals surface area contributed by atoms with Crippen LogP contribution in [0.1, 0.15) is 55.4 Å². The van der Waals surface area contributed by atoms with Crippen LogP contribution in [0, 0.1) is 23.7 Å². The zero-order chi connectivity index (χ0) is 33.1. The van der Waals surface area contributed by atoms with Crippen molar-refractivity contribution < 1.29 is 29.4 Å². The SMILES string of the molecule is CC(C)[C@H](NC(=O)[C@@H](Nc1ccc(N=Nc2ccc(N[C@H](C(=O)N[C@H](C(=O)O)C(C)C)C(C)C)cc2)cc1)C(C)C)C(=O)O. The van der Waals surface area contributed by atoms with Gasteiger partial charge >= 0.3 is 11.9 Å². The Kier molecular flexibility index (Phi) is 13.3. The number of nitrogens with zero attached hydrogens (tertiary/aromatic N) is 2. The van der Waals surface area contributed by atoms with Crippen molar-refractivity contribution in [3.8, 4) is 0 Å². The molecule has 12 heteroatoms. The third-order valence-corrected chi connectivity index (χ3v) is 7.02. The molecule has 0 aliphatic rings. The number of hydrogen-bond donors (Lipinski definition) is 6. The van der Waals surface area contributed by atoms with Gasteiger partial charge in [-0.2, -0.15) is 10.2 Å². The van der Waals surface area contributed by atoms with Crippen LogP contribution in [0.25, 0.3) is 0 Å². The molecule has 0 spiro atoms. The van der Waals surface area contributed by atoms with E-state index in [2.05, 4.69) is 31.5 Å². The monoisotopic (exact) mass is 610 g/mol. The number of carbonyl (C=O) groups is 4. The highest BCUT2D eigenvalue weighted by atomic mass is 16.4. The Morgan fingerprint density at radius 1 is 0.500 bits per heavy atom. The molecule has 240 valence electrons. The van der Waals surface area contributed by atoms with Crippen molar-refractivity contribution in [2.45, 2.75) is 79.6 Å². The molecule has 0 fully saturated rings. The van der Waals surface area contributed by atoms with Crippen molar-refractivity contribution in [2.75, 3.05) is 10.6 Å².